The zero-order chi connectivity index (χ0) is 17.2. The number of rotatable bonds is 9. The van der Waals surface area contributed by atoms with Crippen LogP contribution in [0.3, 0.4) is 0 Å². The van der Waals surface area contributed by atoms with E-state index < -0.39 is 5.97 Å². The minimum Gasteiger partial charge on any atom is -0.462 e. The van der Waals surface area contributed by atoms with Gasteiger partial charge in [-0.3, -0.25) is 0 Å². The molecule has 6 nitrogen and oxygen atoms in total. The summed E-state index contributed by atoms with van der Waals surface area (Å²) in [6, 6.07) is 0. The Bertz CT molecular complexity index is 547. The summed E-state index contributed by atoms with van der Waals surface area (Å²) in [5.41, 5.74) is 0.953. The Morgan fingerprint density at radius 2 is 2.09 bits per heavy atom. The third kappa shape index (κ3) is 6.09. The minimum atomic E-state index is -0.405. The molecule has 0 fully saturated rings. The highest BCUT2D eigenvalue weighted by Gasteiger charge is 2.20. The van der Waals surface area contributed by atoms with E-state index in [1.807, 2.05) is 31.5 Å². The van der Waals surface area contributed by atoms with Crippen molar-refractivity contribution in [3.8, 4) is 0 Å². The van der Waals surface area contributed by atoms with Crippen LogP contribution in [-0.4, -0.2) is 54.3 Å². The van der Waals surface area contributed by atoms with Crippen LogP contribution in [0, 0.1) is 0 Å². The smallest absolute Gasteiger partial charge is 0.344 e. The fraction of sp³-hybridized carbons (Fsp3) is 0.562. The van der Waals surface area contributed by atoms with Gasteiger partial charge in [0.25, 0.3) is 0 Å². The lowest BCUT2D eigenvalue weighted by atomic mass is 10.2. The highest BCUT2D eigenvalue weighted by atomic mass is 32.2. The molecule has 1 aromatic rings. The summed E-state index contributed by atoms with van der Waals surface area (Å²) >= 11 is 1.44. The van der Waals surface area contributed by atoms with Crippen molar-refractivity contribution in [2.75, 3.05) is 38.8 Å². The van der Waals surface area contributed by atoms with Crippen LogP contribution in [0.2, 0.25) is 0 Å². The monoisotopic (exact) mass is 338 g/mol. The predicted molar refractivity (Wildman–Crippen MR) is 95.9 cm³/mol. The molecule has 0 saturated heterocycles. The molecule has 0 radical (unpaired) electrons. The maximum atomic E-state index is 12.4. The fourth-order valence-electron chi connectivity index (χ4n) is 1.80. The molecule has 0 atom stereocenters. The van der Waals surface area contributed by atoms with E-state index in [9.17, 15) is 4.79 Å². The van der Waals surface area contributed by atoms with E-state index in [1.54, 1.807) is 13.0 Å². The van der Waals surface area contributed by atoms with Crippen LogP contribution in [0.4, 0.5) is 5.82 Å². The van der Waals surface area contributed by atoms with Gasteiger partial charge in [0.05, 0.1) is 12.3 Å². The molecule has 0 aliphatic rings. The van der Waals surface area contributed by atoms with Gasteiger partial charge in [-0.05, 0) is 25.7 Å². The van der Waals surface area contributed by atoms with E-state index in [0.717, 1.165) is 19.4 Å². The van der Waals surface area contributed by atoms with E-state index in [2.05, 4.69) is 22.2 Å². The number of anilines is 1. The summed E-state index contributed by atoms with van der Waals surface area (Å²) in [4.78, 5) is 23.2. The molecule has 0 aliphatic heterocycles. The fourth-order valence-corrected chi connectivity index (χ4v) is 2.18. The van der Waals surface area contributed by atoms with Crippen LogP contribution >= 0.6 is 11.8 Å². The van der Waals surface area contributed by atoms with Crippen LogP contribution in [0.1, 0.15) is 42.7 Å². The van der Waals surface area contributed by atoms with Crippen molar-refractivity contribution in [2.45, 2.75) is 31.8 Å². The molecule has 0 amide bonds. The van der Waals surface area contributed by atoms with E-state index in [0.29, 0.717) is 28.8 Å². The molecule has 0 saturated carbocycles. The second-order valence-corrected chi connectivity index (χ2v) is 5.87. The number of ether oxygens (including phenoxy) is 1. The van der Waals surface area contributed by atoms with E-state index >= 15 is 0 Å². The van der Waals surface area contributed by atoms with Crippen molar-refractivity contribution in [3.63, 3.8) is 0 Å². The first kappa shape index (κ1) is 19.3. The Morgan fingerprint density at radius 3 is 2.65 bits per heavy atom. The topological polar surface area (TPSA) is 67.4 Å². The van der Waals surface area contributed by atoms with Crippen LogP contribution in [0.15, 0.2) is 11.4 Å². The highest BCUT2D eigenvalue weighted by molar-refractivity contribution is 7.98. The summed E-state index contributed by atoms with van der Waals surface area (Å²) in [6.07, 6.45) is 7.64. The van der Waals surface area contributed by atoms with E-state index in [1.165, 1.54) is 11.8 Å². The van der Waals surface area contributed by atoms with Crippen LogP contribution in [0.25, 0.3) is 6.08 Å². The number of hydrogen-bond donors (Lipinski definition) is 1. The molecule has 23 heavy (non-hydrogen) atoms. The van der Waals surface area contributed by atoms with Crippen molar-refractivity contribution in [1.82, 2.24) is 14.9 Å². The minimum absolute atomic E-state index is 0.314. The summed E-state index contributed by atoms with van der Waals surface area (Å²) in [7, 11) is 3.83. The number of thioether (sulfide) groups is 1. The van der Waals surface area contributed by atoms with Gasteiger partial charge in [0.1, 0.15) is 11.4 Å². The summed E-state index contributed by atoms with van der Waals surface area (Å²) in [5.74, 6) is 0.132. The first-order valence-corrected chi connectivity index (χ1v) is 8.97. The number of unbranched alkanes of at least 4 members (excludes halogenated alkanes) is 1. The second kappa shape index (κ2) is 10.1. The lowest BCUT2D eigenvalue weighted by Crippen LogP contribution is -2.16. The quantitative estimate of drug-likeness (QED) is 0.321. The molecule has 7 heteroatoms. The summed E-state index contributed by atoms with van der Waals surface area (Å²) in [5, 5.41) is 3.86. The molecular weight excluding hydrogens is 312 g/mol. The van der Waals surface area contributed by atoms with Crippen molar-refractivity contribution in [1.29, 1.82) is 0 Å². The zero-order valence-corrected chi connectivity index (χ0v) is 15.4. The van der Waals surface area contributed by atoms with E-state index in [-0.39, 0.29) is 0 Å². The lowest BCUT2D eigenvalue weighted by molar-refractivity contribution is 0.0526. The Balaban J connectivity index is 3.31. The van der Waals surface area contributed by atoms with Gasteiger partial charge < -0.3 is 15.0 Å². The molecule has 0 bridgehead atoms. The number of carbonyl (C=O) groups excluding carboxylic acids is 1. The Labute approximate surface area is 142 Å². The largest absolute Gasteiger partial charge is 0.462 e. The van der Waals surface area contributed by atoms with Crippen LogP contribution in [0.5, 0.6) is 0 Å². The molecule has 0 aromatic carbocycles. The van der Waals surface area contributed by atoms with Gasteiger partial charge in [0.15, 0.2) is 5.16 Å². The Kier molecular flexibility index (Phi) is 8.47. The summed E-state index contributed by atoms with van der Waals surface area (Å²) < 4.78 is 5.18. The summed E-state index contributed by atoms with van der Waals surface area (Å²) in [6.45, 7) is 4.97. The molecular formula is C16H26N4O2S. The van der Waals surface area contributed by atoms with Crippen LogP contribution in [-0.2, 0) is 4.74 Å². The van der Waals surface area contributed by atoms with Crippen molar-refractivity contribution in [2.24, 2.45) is 0 Å². The number of esters is 1. The molecule has 0 spiro atoms. The van der Waals surface area contributed by atoms with Crippen molar-refractivity contribution >= 4 is 29.6 Å². The van der Waals surface area contributed by atoms with Gasteiger partial charge in [0.2, 0.25) is 0 Å². The van der Waals surface area contributed by atoms with Gasteiger partial charge in [-0.2, -0.15) is 0 Å². The van der Waals surface area contributed by atoms with Gasteiger partial charge in [-0.15, -0.1) is 0 Å². The number of aromatic nitrogens is 2. The molecule has 1 heterocycles. The molecule has 1 N–H and O–H groups in total. The Morgan fingerprint density at radius 1 is 1.35 bits per heavy atom. The Hall–Kier alpha value is -1.76. The first-order valence-electron chi connectivity index (χ1n) is 7.75. The zero-order valence-electron chi connectivity index (χ0n) is 14.5. The molecule has 1 rings (SSSR count). The van der Waals surface area contributed by atoms with Crippen molar-refractivity contribution < 1.29 is 9.53 Å². The highest BCUT2D eigenvalue weighted by Crippen LogP contribution is 2.23. The maximum absolute atomic E-state index is 12.4. The van der Waals surface area contributed by atoms with Crippen molar-refractivity contribution in [3.05, 3.63) is 17.5 Å². The third-order valence-corrected chi connectivity index (χ3v) is 3.48. The lowest BCUT2D eigenvalue weighted by Gasteiger charge is -2.14. The van der Waals surface area contributed by atoms with Gasteiger partial charge in [-0.1, -0.05) is 25.1 Å². The third-order valence-electron chi connectivity index (χ3n) is 2.93. The average molecular weight is 338 g/mol. The number of nitrogens with one attached hydrogen (secondary N) is 1. The van der Waals surface area contributed by atoms with E-state index in [4.69, 9.17) is 4.74 Å². The predicted octanol–water partition coefficient (Wildman–Crippen LogP) is 3.12. The van der Waals surface area contributed by atoms with Crippen LogP contribution < -0.4 is 5.32 Å². The second-order valence-electron chi connectivity index (χ2n) is 5.10. The number of hydrogen-bond acceptors (Lipinski definition) is 7. The van der Waals surface area contributed by atoms with Gasteiger partial charge >= 0.3 is 5.97 Å². The standard InChI is InChI=1S/C16H26N4O2S/c1-6-8-10-17-14-13(15(21)22-7-2)12(9-11-20(3)4)18-16(19-14)23-5/h9,11H,6-8,10H2,1-5H3,(H,17,18,19). The molecule has 0 unspecified atom stereocenters. The molecule has 1 aromatic heterocycles. The number of carbonyl (C=O) groups is 1. The van der Waals surface area contributed by atoms with Gasteiger partial charge in [0, 0.05) is 26.8 Å². The molecule has 0 aliphatic carbocycles. The average Bonchev–Trinajstić information content (AvgIpc) is 2.52. The number of nitrogens with zero attached hydrogens (tertiary/aromatic N) is 3. The SMILES string of the molecule is CCCCNc1nc(SC)nc(C=CN(C)C)c1C(=O)OCC. The van der Waals surface area contributed by atoms with Gasteiger partial charge in [-0.25, -0.2) is 14.8 Å². The molecule has 128 valence electrons. The first-order chi connectivity index (χ1) is 11.0. The normalized spacial score (nSPS) is 10.8. The maximum Gasteiger partial charge on any atom is 0.344 e.